The third-order valence-electron chi connectivity index (χ3n) is 10.6. The van der Waals surface area contributed by atoms with Crippen LogP contribution in [0.2, 0.25) is 0 Å². The minimum absolute atomic E-state index is 0.0796. The lowest BCUT2D eigenvalue weighted by Gasteiger charge is -2.34. The van der Waals surface area contributed by atoms with E-state index in [4.69, 9.17) is 14.7 Å². The van der Waals surface area contributed by atoms with Gasteiger partial charge in [0.2, 0.25) is 0 Å². The van der Waals surface area contributed by atoms with Crippen LogP contribution in [0.1, 0.15) is 62.8 Å². The first-order chi connectivity index (χ1) is 20.1. The fourth-order valence-corrected chi connectivity index (χ4v) is 8.43. The summed E-state index contributed by atoms with van der Waals surface area (Å²) >= 11 is 0. The number of fused-ring (bicyclic) bond motifs is 5. The molecule has 6 heterocycles. The number of anilines is 1. The van der Waals surface area contributed by atoms with Crippen molar-refractivity contribution in [3.8, 4) is 17.1 Å². The third-order valence-corrected chi connectivity index (χ3v) is 10.6. The first-order valence-corrected chi connectivity index (χ1v) is 15.6. The van der Waals surface area contributed by atoms with E-state index in [9.17, 15) is 0 Å². The zero-order chi connectivity index (χ0) is 27.1. The lowest BCUT2D eigenvalue weighted by atomic mass is 9.95. The van der Waals surface area contributed by atoms with Gasteiger partial charge in [-0.2, -0.15) is 9.97 Å². The lowest BCUT2D eigenvalue weighted by molar-refractivity contribution is 0.108. The smallest absolute Gasteiger partial charge is 0.319 e. The molecule has 41 heavy (non-hydrogen) atoms. The van der Waals surface area contributed by atoms with Crippen LogP contribution in [0.25, 0.3) is 32.9 Å². The summed E-state index contributed by atoms with van der Waals surface area (Å²) in [6.07, 6.45) is 11.4. The van der Waals surface area contributed by atoms with Gasteiger partial charge in [-0.3, -0.25) is 4.90 Å². The van der Waals surface area contributed by atoms with Crippen LogP contribution in [-0.4, -0.2) is 70.3 Å². The summed E-state index contributed by atoms with van der Waals surface area (Å²) in [7, 11) is 0. The van der Waals surface area contributed by atoms with Gasteiger partial charge in [0.15, 0.2) is 5.82 Å². The molecule has 0 amide bonds. The highest BCUT2D eigenvalue weighted by atomic mass is 19.1. The molecule has 0 spiro atoms. The highest BCUT2D eigenvalue weighted by molar-refractivity contribution is 6.01. The topological polar surface area (TPSA) is 69.3 Å². The molecule has 0 radical (unpaired) electrons. The molecule has 5 fully saturated rings. The summed E-state index contributed by atoms with van der Waals surface area (Å²) in [5.41, 5.74) is 4.32. The second kappa shape index (κ2) is 9.13. The van der Waals surface area contributed by atoms with Crippen LogP contribution in [-0.2, 0) is 0 Å². The molecule has 5 aliphatic rings. The summed E-state index contributed by atoms with van der Waals surface area (Å²) in [4.78, 5) is 18.1. The molecule has 2 N–H and O–H groups in total. The molecular weight excluding hydrogens is 515 g/mol. The van der Waals surface area contributed by atoms with Crippen LogP contribution in [0.3, 0.4) is 0 Å². The Hall–Kier alpha value is -3.23. The van der Waals surface area contributed by atoms with E-state index in [0.717, 1.165) is 66.7 Å². The first kappa shape index (κ1) is 24.4. The Labute approximate surface area is 239 Å². The standard InChI is InChI=1S/C33H37FN6O/c34-29-24(26-16-35-27-5-1-4-23(28(26)27)20-6-7-20)10-11-25-30(29)37-32(41-19-33-12-2-14-40(33)15-3-13-33)38-31(25)39-17-21-8-9-22(18-39)36-21/h1,4-5,10-11,16,20-22,35-36H,2-3,6-9,12-15,17-19H2. The number of ether oxygens (including phenoxy) is 1. The Morgan fingerprint density at radius 2 is 1.76 bits per heavy atom. The molecule has 1 saturated carbocycles. The summed E-state index contributed by atoms with van der Waals surface area (Å²) < 4.78 is 23.2. The Bertz CT molecular complexity index is 1640. The van der Waals surface area contributed by atoms with Crippen molar-refractivity contribution in [2.45, 2.75) is 74.9 Å². The van der Waals surface area contributed by atoms with Gasteiger partial charge in [-0.25, -0.2) is 4.39 Å². The van der Waals surface area contributed by atoms with Gasteiger partial charge >= 0.3 is 6.01 Å². The minimum Gasteiger partial charge on any atom is -0.461 e. The number of halogens is 1. The first-order valence-electron chi connectivity index (χ1n) is 15.6. The Morgan fingerprint density at radius 3 is 2.54 bits per heavy atom. The highest BCUT2D eigenvalue weighted by Crippen LogP contribution is 2.46. The number of hydrogen-bond donors (Lipinski definition) is 2. The zero-order valence-electron chi connectivity index (χ0n) is 23.5. The van der Waals surface area contributed by atoms with Gasteiger partial charge in [0.05, 0.1) is 5.54 Å². The maximum atomic E-state index is 16.8. The predicted octanol–water partition coefficient (Wildman–Crippen LogP) is 5.74. The number of nitrogens with zero attached hydrogens (tertiary/aromatic N) is 4. The lowest BCUT2D eigenvalue weighted by Crippen LogP contribution is -2.51. The normalized spacial score (nSPS) is 25.4. The van der Waals surface area contributed by atoms with E-state index in [0.29, 0.717) is 41.7 Å². The molecule has 212 valence electrons. The molecule has 2 atom stereocenters. The van der Waals surface area contributed by atoms with E-state index < -0.39 is 0 Å². The number of piperazine rings is 1. The Balaban J connectivity index is 1.16. The number of nitrogens with one attached hydrogen (secondary N) is 2. The Morgan fingerprint density at radius 1 is 0.951 bits per heavy atom. The van der Waals surface area contributed by atoms with E-state index in [1.54, 1.807) is 0 Å². The molecule has 9 rings (SSSR count). The maximum absolute atomic E-state index is 16.8. The number of hydrogen-bond acceptors (Lipinski definition) is 6. The average Bonchev–Trinajstić information content (AvgIpc) is 3.26. The van der Waals surface area contributed by atoms with Gasteiger partial charge < -0.3 is 19.9 Å². The molecule has 1 aliphatic carbocycles. The van der Waals surface area contributed by atoms with E-state index in [2.05, 4.69) is 38.3 Å². The molecule has 4 aliphatic heterocycles. The quantitative estimate of drug-likeness (QED) is 0.318. The van der Waals surface area contributed by atoms with Crippen molar-refractivity contribution in [1.29, 1.82) is 0 Å². The summed E-state index contributed by atoms with van der Waals surface area (Å²) in [5, 5.41) is 5.62. The van der Waals surface area contributed by atoms with E-state index >= 15 is 4.39 Å². The van der Waals surface area contributed by atoms with E-state index in [1.165, 1.54) is 44.1 Å². The highest BCUT2D eigenvalue weighted by Gasteiger charge is 2.45. The fourth-order valence-electron chi connectivity index (χ4n) is 8.43. The zero-order valence-corrected chi connectivity index (χ0v) is 23.5. The van der Waals surface area contributed by atoms with Gasteiger partial charge in [0.1, 0.15) is 17.9 Å². The second-order valence-corrected chi connectivity index (χ2v) is 13.1. The van der Waals surface area contributed by atoms with Crippen LogP contribution in [0, 0.1) is 5.82 Å². The molecule has 2 aromatic carbocycles. The van der Waals surface area contributed by atoms with Crippen LogP contribution >= 0.6 is 0 Å². The van der Waals surface area contributed by atoms with Gasteiger partial charge in [0.25, 0.3) is 0 Å². The van der Waals surface area contributed by atoms with Crippen molar-refractivity contribution in [1.82, 2.24) is 25.2 Å². The number of aromatic amines is 1. The maximum Gasteiger partial charge on any atom is 0.319 e. The minimum atomic E-state index is -0.290. The number of aromatic nitrogens is 3. The second-order valence-electron chi connectivity index (χ2n) is 13.1. The Kier molecular flexibility index (Phi) is 5.43. The monoisotopic (exact) mass is 552 g/mol. The van der Waals surface area contributed by atoms with Crippen molar-refractivity contribution in [3.63, 3.8) is 0 Å². The van der Waals surface area contributed by atoms with Crippen molar-refractivity contribution in [3.05, 3.63) is 47.9 Å². The van der Waals surface area contributed by atoms with Crippen LogP contribution in [0.4, 0.5) is 10.2 Å². The molecule has 8 heteroatoms. The van der Waals surface area contributed by atoms with Crippen molar-refractivity contribution >= 4 is 27.6 Å². The number of benzene rings is 2. The molecular formula is C33H37FN6O. The van der Waals surface area contributed by atoms with Crippen molar-refractivity contribution < 1.29 is 9.13 Å². The van der Waals surface area contributed by atoms with Gasteiger partial charge in [0, 0.05) is 58.8 Å². The summed E-state index contributed by atoms with van der Waals surface area (Å²) in [6, 6.07) is 11.6. The van der Waals surface area contributed by atoms with Crippen molar-refractivity contribution in [2.75, 3.05) is 37.7 Å². The molecule has 7 nitrogen and oxygen atoms in total. The largest absolute Gasteiger partial charge is 0.461 e. The van der Waals surface area contributed by atoms with Gasteiger partial charge in [-0.05, 0) is 88.1 Å². The SMILES string of the molecule is Fc1c(-c2c[nH]c3cccc(C4CC4)c23)ccc2c(N3CC4CCC(C3)N4)nc(OCC34CCCN3CCC4)nc12. The van der Waals surface area contributed by atoms with E-state index in [1.807, 2.05) is 18.3 Å². The van der Waals surface area contributed by atoms with Crippen molar-refractivity contribution in [2.24, 2.45) is 0 Å². The average molecular weight is 553 g/mol. The van der Waals surface area contributed by atoms with Crippen LogP contribution < -0.4 is 15.0 Å². The number of H-pyrrole nitrogens is 1. The van der Waals surface area contributed by atoms with Gasteiger partial charge in [-0.15, -0.1) is 0 Å². The summed E-state index contributed by atoms with van der Waals surface area (Å²) in [5.74, 6) is 1.08. The van der Waals surface area contributed by atoms with Gasteiger partial charge in [-0.1, -0.05) is 18.2 Å². The number of rotatable bonds is 6. The van der Waals surface area contributed by atoms with E-state index in [-0.39, 0.29) is 11.4 Å². The molecule has 2 bridgehead atoms. The molecule has 4 aromatic rings. The summed E-state index contributed by atoms with van der Waals surface area (Å²) in [6.45, 7) is 4.59. The van der Waals surface area contributed by atoms with Crippen LogP contribution in [0.5, 0.6) is 6.01 Å². The molecule has 4 saturated heterocycles. The third kappa shape index (κ3) is 3.90. The van der Waals surface area contributed by atoms with Crippen LogP contribution in [0.15, 0.2) is 36.5 Å². The molecule has 2 unspecified atom stereocenters. The fraction of sp³-hybridized carbons (Fsp3) is 0.515. The predicted molar refractivity (Wildman–Crippen MR) is 159 cm³/mol. The molecule has 2 aromatic heterocycles.